The van der Waals surface area contributed by atoms with Gasteiger partial charge in [0.15, 0.2) is 0 Å². The molecule has 1 N–H and O–H groups in total. The molecule has 138 valence electrons. The molecule has 0 unspecified atom stereocenters. The highest BCUT2D eigenvalue weighted by atomic mass is 32.2. The summed E-state index contributed by atoms with van der Waals surface area (Å²) in [5.74, 6) is -0.0560. The van der Waals surface area contributed by atoms with E-state index in [2.05, 4.69) is 5.32 Å². The molecule has 6 nitrogen and oxygen atoms in total. The molecule has 0 spiro atoms. The highest BCUT2D eigenvalue weighted by Crippen LogP contribution is 2.44. The summed E-state index contributed by atoms with van der Waals surface area (Å²) >= 11 is 0. The zero-order chi connectivity index (χ0) is 18.8. The molecule has 0 aromatic heterocycles. The van der Waals surface area contributed by atoms with Gasteiger partial charge >= 0.3 is 0 Å². The van der Waals surface area contributed by atoms with Crippen molar-refractivity contribution in [2.75, 3.05) is 19.5 Å². The SMILES string of the molecule is CON(C)S(=O)(=O)c1ccc(NC(=O)C2(c3ccccc3)CCC2)cc1. The Hall–Kier alpha value is -2.22. The summed E-state index contributed by atoms with van der Waals surface area (Å²) < 4.78 is 25.2. The maximum atomic E-state index is 12.9. The minimum atomic E-state index is -3.70. The number of carbonyl (C=O) groups is 1. The van der Waals surface area contributed by atoms with E-state index in [4.69, 9.17) is 4.84 Å². The molecule has 2 aromatic rings. The van der Waals surface area contributed by atoms with Crippen LogP contribution in [0.5, 0.6) is 0 Å². The van der Waals surface area contributed by atoms with E-state index in [0.717, 1.165) is 29.3 Å². The van der Waals surface area contributed by atoms with Gasteiger partial charge in [-0.1, -0.05) is 41.2 Å². The zero-order valence-electron chi connectivity index (χ0n) is 14.8. The van der Waals surface area contributed by atoms with Crippen molar-refractivity contribution < 1.29 is 18.0 Å². The summed E-state index contributed by atoms with van der Waals surface area (Å²) in [6.07, 6.45) is 2.64. The van der Waals surface area contributed by atoms with E-state index in [1.807, 2.05) is 30.3 Å². The standard InChI is InChI=1S/C19H22N2O4S/c1-21(25-2)26(23,24)17-11-9-16(10-12-17)20-18(22)19(13-6-14-19)15-7-4-3-5-8-15/h3-5,7-12H,6,13-14H2,1-2H3,(H,20,22). The quantitative estimate of drug-likeness (QED) is 0.789. The molecule has 0 aliphatic heterocycles. The van der Waals surface area contributed by atoms with Gasteiger partial charge < -0.3 is 5.32 Å². The predicted molar refractivity (Wildman–Crippen MR) is 99.0 cm³/mol. The molecule has 2 aromatic carbocycles. The molecule has 7 heteroatoms. The third-order valence-electron chi connectivity index (χ3n) is 4.97. The average molecular weight is 374 g/mol. The maximum absolute atomic E-state index is 12.9. The number of hydroxylamine groups is 1. The summed E-state index contributed by atoms with van der Waals surface area (Å²) in [4.78, 5) is 17.7. The van der Waals surface area contributed by atoms with Crippen LogP contribution in [0.3, 0.4) is 0 Å². The second-order valence-corrected chi connectivity index (χ2v) is 8.31. The fraction of sp³-hybridized carbons (Fsp3) is 0.316. The Morgan fingerprint density at radius 3 is 2.19 bits per heavy atom. The molecule has 1 saturated carbocycles. The monoisotopic (exact) mass is 374 g/mol. The highest BCUT2D eigenvalue weighted by molar-refractivity contribution is 7.89. The number of anilines is 1. The van der Waals surface area contributed by atoms with Crippen LogP contribution in [0.25, 0.3) is 0 Å². The number of nitrogens with one attached hydrogen (secondary N) is 1. The van der Waals surface area contributed by atoms with Crippen LogP contribution >= 0.6 is 0 Å². The Kier molecular flexibility index (Phi) is 5.13. The van der Waals surface area contributed by atoms with Crippen LogP contribution in [0.2, 0.25) is 0 Å². The first-order valence-electron chi connectivity index (χ1n) is 8.40. The van der Waals surface area contributed by atoms with Gasteiger partial charge in [0.2, 0.25) is 5.91 Å². The average Bonchev–Trinajstić information content (AvgIpc) is 2.61. The largest absolute Gasteiger partial charge is 0.325 e. The number of amides is 1. The molecule has 0 heterocycles. The van der Waals surface area contributed by atoms with Crippen molar-refractivity contribution in [1.29, 1.82) is 0 Å². The van der Waals surface area contributed by atoms with Crippen LogP contribution < -0.4 is 5.32 Å². The molecular weight excluding hydrogens is 352 g/mol. The minimum Gasteiger partial charge on any atom is -0.325 e. The summed E-state index contributed by atoms with van der Waals surface area (Å²) in [5, 5.41) is 2.93. The number of benzene rings is 2. The third kappa shape index (κ3) is 3.25. The van der Waals surface area contributed by atoms with Crippen molar-refractivity contribution >= 4 is 21.6 Å². The second kappa shape index (κ2) is 7.19. The van der Waals surface area contributed by atoms with Crippen LogP contribution in [0.15, 0.2) is 59.5 Å². The van der Waals surface area contributed by atoms with Gasteiger partial charge in [-0.2, -0.15) is 0 Å². The topological polar surface area (TPSA) is 75.7 Å². The molecule has 1 amide bonds. The van der Waals surface area contributed by atoms with Crippen molar-refractivity contribution in [3.63, 3.8) is 0 Å². The predicted octanol–water partition coefficient (Wildman–Crippen LogP) is 2.93. The van der Waals surface area contributed by atoms with Gasteiger partial charge in [0.25, 0.3) is 10.0 Å². The molecule has 0 saturated heterocycles. The molecule has 0 bridgehead atoms. The van der Waals surface area contributed by atoms with Crippen molar-refractivity contribution in [2.45, 2.75) is 29.6 Å². The lowest BCUT2D eigenvalue weighted by Crippen LogP contribution is -2.45. The molecule has 1 aliphatic carbocycles. The first-order valence-corrected chi connectivity index (χ1v) is 9.84. The molecule has 26 heavy (non-hydrogen) atoms. The van der Waals surface area contributed by atoms with Crippen LogP contribution in [0.1, 0.15) is 24.8 Å². The van der Waals surface area contributed by atoms with Gasteiger partial charge in [-0.05, 0) is 42.7 Å². The Bertz CT molecular complexity index is 876. The maximum Gasteiger partial charge on any atom is 0.264 e. The number of nitrogens with zero attached hydrogens (tertiary/aromatic N) is 1. The summed E-state index contributed by atoms with van der Waals surface area (Å²) in [7, 11) is -1.09. The minimum absolute atomic E-state index is 0.0560. The van der Waals surface area contributed by atoms with Gasteiger partial charge in [-0.25, -0.2) is 8.42 Å². The number of hydrogen-bond donors (Lipinski definition) is 1. The van der Waals surface area contributed by atoms with Crippen LogP contribution in [0.4, 0.5) is 5.69 Å². The van der Waals surface area contributed by atoms with Gasteiger partial charge in [-0.15, -0.1) is 0 Å². The van der Waals surface area contributed by atoms with Crippen molar-refractivity contribution in [2.24, 2.45) is 0 Å². The van der Waals surface area contributed by atoms with E-state index in [0.29, 0.717) is 5.69 Å². The fourth-order valence-corrected chi connectivity index (χ4v) is 4.12. The van der Waals surface area contributed by atoms with Gasteiger partial charge in [-0.3, -0.25) is 9.63 Å². The molecular formula is C19H22N2O4S. The summed E-state index contributed by atoms with van der Waals surface area (Å²) in [5.41, 5.74) is 1.09. The lowest BCUT2D eigenvalue weighted by atomic mass is 9.64. The number of hydrogen-bond acceptors (Lipinski definition) is 4. The summed E-state index contributed by atoms with van der Waals surface area (Å²) in [6.45, 7) is 0. The van der Waals surface area contributed by atoms with Crippen LogP contribution in [0, 0.1) is 0 Å². The van der Waals surface area contributed by atoms with E-state index in [-0.39, 0.29) is 10.8 Å². The van der Waals surface area contributed by atoms with E-state index in [1.165, 1.54) is 26.3 Å². The molecule has 1 fully saturated rings. The normalized spacial score (nSPS) is 16.1. The van der Waals surface area contributed by atoms with E-state index < -0.39 is 15.4 Å². The Balaban J connectivity index is 1.78. The van der Waals surface area contributed by atoms with E-state index in [1.54, 1.807) is 12.1 Å². The van der Waals surface area contributed by atoms with Gasteiger partial charge in [0.05, 0.1) is 17.4 Å². The third-order valence-corrected chi connectivity index (χ3v) is 6.67. The van der Waals surface area contributed by atoms with Crippen LogP contribution in [-0.4, -0.2) is 33.0 Å². The van der Waals surface area contributed by atoms with Crippen molar-refractivity contribution in [3.05, 3.63) is 60.2 Å². The van der Waals surface area contributed by atoms with Crippen molar-refractivity contribution in [3.8, 4) is 0 Å². The van der Waals surface area contributed by atoms with E-state index >= 15 is 0 Å². The molecule has 0 radical (unpaired) electrons. The van der Waals surface area contributed by atoms with E-state index in [9.17, 15) is 13.2 Å². The van der Waals surface area contributed by atoms with Crippen molar-refractivity contribution in [1.82, 2.24) is 4.47 Å². The lowest BCUT2D eigenvalue weighted by Gasteiger charge is -2.40. The molecule has 1 aliphatic rings. The lowest BCUT2D eigenvalue weighted by molar-refractivity contribution is -0.124. The molecule has 3 rings (SSSR count). The Morgan fingerprint density at radius 1 is 1.08 bits per heavy atom. The number of carbonyl (C=O) groups excluding carboxylic acids is 1. The number of sulfonamides is 1. The Labute approximate surface area is 153 Å². The van der Waals surface area contributed by atoms with Gasteiger partial charge in [0, 0.05) is 12.7 Å². The second-order valence-electron chi connectivity index (χ2n) is 6.38. The first kappa shape index (κ1) is 18.6. The highest BCUT2D eigenvalue weighted by Gasteiger charge is 2.45. The first-order chi connectivity index (χ1) is 12.4. The van der Waals surface area contributed by atoms with Gasteiger partial charge in [0.1, 0.15) is 0 Å². The fourth-order valence-electron chi connectivity index (χ4n) is 3.14. The van der Waals surface area contributed by atoms with Crippen LogP contribution in [-0.2, 0) is 25.1 Å². The molecule has 0 atom stereocenters. The zero-order valence-corrected chi connectivity index (χ0v) is 15.6. The summed E-state index contributed by atoms with van der Waals surface area (Å²) in [6, 6.07) is 15.9. The Morgan fingerprint density at radius 2 is 1.69 bits per heavy atom. The smallest absolute Gasteiger partial charge is 0.264 e. The number of rotatable bonds is 6.